The second kappa shape index (κ2) is 14.5. The Bertz CT molecular complexity index is 1900. The minimum Gasteiger partial charge on any atom is -0.497 e. The Hall–Kier alpha value is -4.87. The number of anilines is 1. The number of sulfonamides is 1. The first-order valence-corrected chi connectivity index (χ1v) is 18.4. The Morgan fingerprint density at radius 1 is 1.00 bits per heavy atom. The maximum atomic E-state index is 15.1. The predicted octanol–water partition coefficient (Wildman–Crippen LogP) is 4.59. The van der Waals surface area contributed by atoms with E-state index >= 15 is 4.79 Å². The second-order valence-corrected chi connectivity index (χ2v) is 14.2. The number of hydrogen-bond acceptors (Lipinski definition) is 11. The van der Waals surface area contributed by atoms with Gasteiger partial charge in [-0.15, -0.1) is 0 Å². The van der Waals surface area contributed by atoms with Gasteiger partial charge in [0.15, 0.2) is 0 Å². The van der Waals surface area contributed by atoms with Gasteiger partial charge in [0.05, 0.1) is 43.2 Å². The summed E-state index contributed by atoms with van der Waals surface area (Å²) in [6, 6.07) is 13.4. The highest BCUT2D eigenvalue weighted by Crippen LogP contribution is 2.52. The van der Waals surface area contributed by atoms with E-state index in [4.69, 9.17) is 18.9 Å². The summed E-state index contributed by atoms with van der Waals surface area (Å²) >= 11 is 0. The first-order valence-electron chi connectivity index (χ1n) is 16.9. The number of hydrogen-bond donors (Lipinski definition) is 1. The van der Waals surface area contributed by atoms with Gasteiger partial charge in [-0.1, -0.05) is 0 Å². The van der Waals surface area contributed by atoms with Gasteiger partial charge in [0.25, 0.3) is 21.5 Å². The molecule has 4 heterocycles. The normalized spacial score (nSPS) is 19.8. The Morgan fingerprint density at radius 3 is 2.40 bits per heavy atom. The van der Waals surface area contributed by atoms with E-state index in [2.05, 4.69) is 16.4 Å². The first kappa shape index (κ1) is 35.0. The van der Waals surface area contributed by atoms with Gasteiger partial charge in [-0.2, -0.15) is 9.57 Å². The van der Waals surface area contributed by atoms with Crippen LogP contribution in [0.25, 0.3) is 0 Å². The number of piperidine rings is 2. The number of pyridine rings is 1. The molecule has 50 heavy (non-hydrogen) atoms. The van der Waals surface area contributed by atoms with Crippen LogP contribution in [-0.4, -0.2) is 76.8 Å². The van der Waals surface area contributed by atoms with Gasteiger partial charge in [0.1, 0.15) is 16.4 Å². The molecule has 6 rings (SSSR count). The average molecular weight is 704 g/mol. The van der Waals surface area contributed by atoms with Crippen molar-refractivity contribution in [1.82, 2.24) is 15.2 Å². The lowest BCUT2D eigenvalue weighted by Crippen LogP contribution is -2.50. The zero-order valence-corrected chi connectivity index (χ0v) is 29.2. The largest absolute Gasteiger partial charge is 0.497 e. The van der Waals surface area contributed by atoms with E-state index < -0.39 is 27.6 Å². The topological polar surface area (TPSA) is 160 Å². The fourth-order valence-electron chi connectivity index (χ4n) is 7.26. The third kappa shape index (κ3) is 6.20. The number of likely N-dealkylation sites (tertiary alicyclic amines) is 1. The first-order chi connectivity index (χ1) is 24.2. The van der Waals surface area contributed by atoms with E-state index in [0.29, 0.717) is 35.0 Å². The third-order valence-electron chi connectivity index (χ3n) is 9.70. The standard InChI is InChI=1S/C36H41N5O8S/c1-4-47-31-22-27(46-3)9-11-32(31)50(44,45)41-30-10-8-24(23-37)21-29(30)36(34(41)42,28-7-6-16-39-33(28)48-5-2)49-35(43)40-19-14-26(15-20-40)25-12-17-38-18-13-25/h6-11,16,21-22,25-26,38H,4-5,12-15,17-20H2,1-3H3. The van der Waals surface area contributed by atoms with Gasteiger partial charge in [-0.25, -0.2) is 18.2 Å². The fourth-order valence-corrected chi connectivity index (χ4v) is 8.83. The van der Waals surface area contributed by atoms with Gasteiger partial charge < -0.3 is 29.2 Å². The van der Waals surface area contributed by atoms with Crippen LogP contribution in [0.2, 0.25) is 0 Å². The highest BCUT2D eigenvalue weighted by molar-refractivity contribution is 7.93. The van der Waals surface area contributed by atoms with Gasteiger partial charge in [0.2, 0.25) is 5.88 Å². The number of benzene rings is 2. The molecule has 0 saturated carbocycles. The number of fused-ring (bicyclic) bond motifs is 1. The molecule has 1 unspecified atom stereocenters. The summed E-state index contributed by atoms with van der Waals surface area (Å²) in [6.07, 6.45) is 4.42. The van der Waals surface area contributed by atoms with Crippen LogP contribution in [0.4, 0.5) is 10.5 Å². The Labute approximate surface area is 292 Å². The van der Waals surface area contributed by atoms with E-state index in [1.54, 1.807) is 24.8 Å². The van der Waals surface area contributed by atoms with Crippen LogP contribution in [0.1, 0.15) is 56.2 Å². The minimum absolute atomic E-state index is 0.0107. The van der Waals surface area contributed by atoms with E-state index in [-0.39, 0.29) is 52.1 Å². The molecule has 1 aromatic heterocycles. The summed E-state index contributed by atoms with van der Waals surface area (Å²) in [5.41, 5.74) is -2.33. The number of aromatic nitrogens is 1. The summed E-state index contributed by atoms with van der Waals surface area (Å²) in [4.78, 5) is 35.0. The number of nitrogens with zero attached hydrogens (tertiary/aromatic N) is 4. The van der Waals surface area contributed by atoms with Gasteiger partial charge in [-0.3, -0.25) is 4.79 Å². The molecule has 0 bridgehead atoms. The van der Waals surface area contributed by atoms with Crippen LogP contribution in [0.5, 0.6) is 17.4 Å². The predicted molar refractivity (Wildman–Crippen MR) is 183 cm³/mol. The quantitative estimate of drug-likeness (QED) is 0.315. The van der Waals surface area contributed by atoms with E-state index in [0.717, 1.165) is 38.8 Å². The van der Waals surface area contributed by atoms with Crippen molar-refractivity contribution in [3.8, 4) is 23.4 Å². The number of ether oxygens (including phenoxy) is 4. The number of carbonyl (C=O) groups excluding carboxylic acids is 2. The monoisotopic (exact) mass is 703 g/mol. The highest BCUT2D eigenvalue weighted by Gasteiger charge is 2.61. The lowest BCUT2D eigenvalue weighted by atomic mass is 9.79. The van der Waals surface area contributed by atoms with Crippen LogP contribution < -0.4 is 23.8 Å². The van der Waals surface area contributed by atoms with Crippen molar-refractivity contribution >= 4 is 27.7 Å². The number of amides is 2. The molecule has 13 nitrogen and oxygen atoms in total. The van der Waals surface area contributed by atoms with Gasteiger partial charge in [-0.05, 0) is 107 Å². The Kier molecular flexibility index (Phi) is 10.2. The van der Waals surface area contributed by atoms with Crippen LogP contribution in [0.3, 0.4) is 0 Å². The van der Waals surface area contributed by atoms with Crippen LogP contribution in [0.15, 0.2) is 59.6 Å². The molecule has 0 radical (unpaired) electrons. The number of nitrogens with one attached hydrogen (secondary N) is 1. The van der Waals surface area contributed by atoms with Crippen molar-refractivity contribution in [3.05, 3.63) is 71.4 Å². The minimum atomic E-state index is -4.73. The lowest BCUT2D eigenvalue weighted by molar-refractivity contribution is -0.132. The second-order valence-electron chi connectivity index (χ2n) is 12.4. The van der Waals surface area contributed by atoms with E-state index in [1.165, 1.54) is 55.8 Å². The van der Waals surface area contributed by atoms with Crippen molar-refractivity contribution in [2.45, 2.75) is 50.0 Å². The molecule has 3 aliphatic rings. The van der Waals surface area contributed by atoms with Crippen molar-refractivity contribution < 1.29 is 37.0 Å². The van der Waals surface area contributed by atoms with Crippen molar-refractivity contribution in [1.29, 1.82) is 5.26 Å². The zero-order valence-electron chi connectivity index (χ0n) is 28.4. The molecule has 1 N–H and O–H groups in total. The lowest BCUT2D eigenvalue weighted by Gasteiger charge is -2.39. The number of carbonyl (C=O) groups is 2. The summed E-state index contributed by atoms with van der Waals surface area (Å²) < 4.78 is 53.2. The van der Waals surface area contributed by atoms with E-state index in [9.17, 15) is 18.5 Å². The van der Waals surface area contributed by atoms with Gasteiger partial charge >= 0.3 is 6.09 Å². The Morgan fingerprint density at radius 2 is 1.72 bits per heavy atom. The SMILES string of the molecule is CCOc1cc(OC)ccc1S(=O)(=O)N1C(=O)C(OC(=O)N2CCC(C3CCNCC3)CC2)(c2cccnc2OCC)c2cc(C#N)ccc21. The zero-order chi connectivity index (χ0) is 35.5. The summed E-state index contributed by atoms with van der Waals surface area (Å²) in [6.45, 7) is 6.52. The van der Waals surface area contributed by atoms with Crippen molar-refractivity contribution in [3.63, 3.8) is 0 Å². The molecular weight excluding hydrogens is 662 g/mol. The summed E-state index contributed by atoms with van der Waals surface area (Å²) in [7, 11) is -3.29. The van der Waals surface area contributed by atoms with Gasteiger partial charge in [0, 0.05) is 30.9 Å². The third-order valence-corrected chi connectivity index (χ3v) is 11.4. The smallest absolute Gasteiger partial charge is 0.411 e. The number of rotatable bonds is 10. The molecule has 0 spiro atoms. The Balaban J connectivity index is 1.48. The maximum Gasteiger partial charge on any atom is 0.411 e. The highest BCUT2D eigenvalue weighted by atomic mass is 32.2. The molecular formula is C36H41N5O8S. The average Bonchev–Trinajstić information content (AvgIpc) is 3.39. The molecule has 0 aliphatic carbocycles. The number of nitriles is 1. The molecule has 2 fully saturated rings. The van der Waals surface area contributed by atoms with Crippen LogP contribution >= 0.6 is 0 Å². The molecule has 14 heteroatoms. The van der Waals surface area contributed by atoms with Crippen LogP contribution in [0, 0.1) is 23.2 Å². The molecule has 2 amide bonds. The van der Waals surface area contributed by atoms with Crippen molar-refractivity contribution in [2.75, 3.05) is 50.8 Å². The summed E-state index contributed by atoms with van der Waals surface area (Å²) in [5.74, 6) is 0.256. The molecule has 2 saturated heterocycles. The molecule has 2 aromatic carbocycles. The van der Waals surface area contributed by atoms with E-state index in [1.807, 2.05) is 0 Å². The fraction of sp³-hybridized carbons (Fsp3) is 0.444. The van der Waals surface area contributed by atoms with Crippen LogP contribution in [-0.2, 0) is 25.2 Å². The molecule has 3 aromatic rings. The molecule has 3 aliphatic heterocycles. The molecule has 264 valence electrons. The molecule has 1 atom stereocenters. The maximum absolute atomic E-state index is 15.1. The summed E-state index contributed by atoms with van der Waals surface area (Å²) in [5, 5.41) is 13.3. The van der Waals surface area contributed by atoms with Crippen molar-refractivity contribution in [2.24, 2.45) is 11.8 Å². The number of methoxy groups -OCH3 is 1.